The number of halogens is 3. The van der Waals surface area contributed by atoms with Gasteiger partial charge in [0.2, 0.25) is 5.91 Å². The molecule has 4 rings (SSSR count). The van der Waals surface area contributed by atoms with Gasteiger partial charge in [-0.2, -0.15) is 18.3 Å². The third kappa shape index (κ3) is 4.46. The number of alkyl halides is 3. The van der Waals surface area contributed by atoms with Gasteiger partial charge in [-0.25, -0.2) is 9.67 Å². The molecule has 0 saturated carbocycles. The standard InChI is InChI=1S/C23H24F3N5O/c1-15-21(16(2)31(29-15)19-6-4-3-5-7-19)28-22(32)17-10-12-30(13-11-17)20-9-8-18(14-27-20)23(24,25)26/h3-9,14,17H,10-13H2,1-2H3,(H,28,32). The number of nitrogens with one attached hydrogen (secondary N) is 1. The summed E-state index contributed by atoms with van der Waals surface area (Å²) in [6.07, 6.45) is -2.36. The normalized spacial score (nSPS) is 15.1. The van der Waals surface area contributed by atoms with E-state index in [1.807, 2.05) is 53.8 Å². The summed E-state index contributed by atoms with van der Waals surface area (Å²) in [7, 11) is 0. The number of aryl methyl sites for hydroxylation is 1. The van der Waals surface area contributed by atoms with Gasteiger partial charge in [0.15, 0.2) is 0 Å². The highest BCUT2D eigenvalue weighted by Crippen LogP contribution is 2.31. The molecule has 0 unspecified atom stereocenters. The van der Waals surface area contributed by atoms with Crippen LogP contribution in [0.4, 0.5) is 24.7 Å². The second kappa shape index (κ2) is 8.64. The molecule has 0 spiro atoms. The monoisotopic (exact) mass is 443 g/mol. The molecule has 0 atom stereocenters. The molecular formula is C23H24F3N5O. The van der Waals surface area contributed by atoms with Crippen molar-refractivity contribution in [3.8, 4) is 5.69 Å². The van der Waals surface area contributed by atoms with Gasteiger partial charge < -0.3 is 10.2 Å². The molecule has 6 nitrogen and oxygen atoms in total. The summed E-state index contributed by atoms with van der Waals surface area (Å²) < 4.78 is 40.0. The van der Waals surface area contributed by atoms with Gasteiger partial charge in [-0.3, -0.25) is 4.79 Å². The lowest BCUT2D eigenvalue weighted by atomic mass is 9.95. The fourth-order valence-electron chi connectivity index (χ4n) is 3.98. The molecule has 0 bridgehead atoms. The molecule has 32 heavy (non-hydrogen) atoms. The molecule has 1 saturated heterocycles. The smallest absolute Gasteiger partial charge is 0.357 e. The third-order valence-corrected chi connectivity index (χ3v) is 5.81. The molecule has 1 aliphatic heterocycles. The van der Waals surface area contributed by atoms with E-state index in [1.54, 1.807) is 0 Å². The Balaban J connectivity index is 1.39. The van der Waals surface area contributed by atoms with Crippen LogP contribution in [0.15, 0.2) is 48.7 Å². The fraction of sp³-hybridized carbons (Fsp3) is 0.348. The summed E-state index contributed by atoms with van der Waals surface area (Å²) in [5.41, 5.74) is 2.47. The number of carbonyl (C=O) groups is 1. The average Bonchev–Trinajstić information content (AvgIpc) is 3.07. The van der Waals surface area contributed by atoms with Crippen LogP contribution in [0.25, 0.3) is 5.69 Å². The van der Waals surface area contributed by atoms with Crippen LogP contribution in [-0.4, -0.2) is 33.8 Å². The minimum Gasteiger partial charge on any atom is -0.357 e. The van der Waals surface area contributed by atoms with Gasteiger partial charge in [0.05, 0.1) is 28.3 Å². The van der Waals surface area contributed by atoms with Crippen LogP contribution in [-0.2, 0) is 11.0 Å². The number of rotatable bonds is 4. The van der Waals surface area contributed by atoms with Gasteiger partial charge in [0.25, 0.3) is 0 Å². The summed E-state index contributed by atoms with van der Waals surface area (Å²) in [6.45, 7) is 4.89. The van der Waals surface area contributed by atoms with Crippen LogP contribution in [0.2, 0.25) is 0 Å². The zero-order valence-electron chi connectivity index (χ0n) is 17.9. The van der Waals surface area contributed by atoms with Crippen LogP contribution in [0, 0.1) is 19.8 Å². The molecule has 0 aliphatic carbocycles. The molecule has 3 aromatic rings. The number of pyridine rings is 1. The number of hydrogen-bond donors (Lipinski definition) is 1. The number of amides is 1. The molecular weight excluding hydrogens is 419 g/mol. The number of carbonyl (C=O) groups excluding carboxylic acids is 1. The quantitative estimate of drug-likeness (QED) is 0.632. The maximum Gasteiger partial charge on any atom is 0.417 e. The van der Waals surface area contributed by atoms with Crippen molar-refractivity contribution in [2.75, 3.05) is 23.3 Å². The molecule has 1 N–H and O–H groups in total. The molecule has 3 heterocycles. The Kier molecular flexibility index (Phi) is 5.90. The number of piperidine rings is 1. The molecule has 168 valence electrons. The van der Waals surface area contributed by atoms with Crippen LogP contribution < -0.4 is 10.2 Å². The first-order chi connectivity index (χ1) is 15.2. The number of aromatic nitrogens is 3. The van der Waals surface area contributed by atoms with E-state index in [4.69, 9.17) is 0 Å². The minimum atomic E-state index is -4.40. The van der Waals surface area contributed by atoms with Gasteiger partial charge in [0.1, 0.15) is 5.82 Å². The number of para-hydroxylation sites is 1. The first-order valence-electron chi connectivity index (χ1n) is 10.4. The Morgan fingerprint density at radius 3 is 2.34 bits per heavy atom. The molecule has 0 radical (unpaired) electrons. The first-order valence-corrected chi connectivity index (χ1v) is 10.4. The highest BCUT2D eigenvalue weighted by molar-refractivity contribution is 5.93. The Morgan fingerprint density at radius 2 is 1.75 bits per heavy atom. The van der Waals surface area contributed by atoms with E-state index in [2.05, 4.69) is 15.4 Å². The lowest BCUT2D eigenvalue weighted by Gasteiger charge is -2.32. The Hall–Kier alpha value is -3.36. The van der Waals surface area contributed by atoms with Gasteiger partial charge in [-0.05, 0) is 51.0 Å². The van der Waals surface area contributed by atoms with Crippen LogP contribution >= 0.6 is 0 Å². The van der Waals surface area contributed by atoms with Gasteiger partial charge in [-0.1, -0.05) is 18.2 Å². The van der Waals surface area contributed by atoms with Crippen LogP contribution in [0.3, 0.4) is 0 Å². The number of benzene rings is 1. The summed E-state index contributed by atoms with van der Waals surface area (Å²) in [5, 5.41) is 7.60. The van der Waals surface area contributed by atoms with E-state index < -0.39 is 11.7 Å². The average molecular weight is 443 g/mol. The lowest BCUT2D eigenvalue weighted by Crippen LogP contribution is -2.38. The first kappa shape index (κ1) is 21.9. The van der Waals surface area contributed by atoms with Crippen molar-refractivity contribution < 1.29 is 18.0 Å². The SMILES string of the molecule is Cc1nn(-c2ccccc2)c(C)c1NC(=O)C1CCN(c2ccc(C(F)(F)F)cn2)CC1. The van der Waals surface area contributed by atoms with Crippen LogP contribution in [0.5, 0.6) is 0 Å². The second-order valence-electron chi connectivity index (χ2n) is 7.95. The molecule has 1 amide bonds. The molecule has 2 aromatic heterocycles. The predicted molar refractivity (Wildman–Crippen MR) is 116 cm³/mol. The Morgan fingerprint density at radius 1 is 1.06 bits per heavy atom. The Labute approximate surface area is 184 Å². The molecule has 1 aliphatic rings. The zero-order chi connectivity index (χ0) is 22.9. The van der Waals surface area contributed by atoms with Gasteiger partial charge in [0, 0.05) is 25.2 Å². The third-order valence-electron chi connectivity index (χ3n) is 5.81. The Bertz CT molecular complexity index is 1090. The lowest BCUT2D eigenvalue weighted by molar-refractivity contribution is -0.137. The highest BCUT2D eigenvalue weighted by atomic mass is 19.4. The second-order valence-corrected chi connectivity index (χ2v) is 7.95. The van der Waals surface area contributed by atoms with Crippen molar-refractivity contribution in [2.24, 2.45) is 5.92 Å². The van der Waals surface area contributed by atoms with E-state index in [9.17, 15) is 18.0 Å². The number of anilines is 2. The van der Waals surface area contributed by atoms with Gasteiger partial charge in [-0.15, -0.1) is 0 Å². The van der Waals surface area contributed by atoms with E-state index in [0.29, 0.717) is 37.4 Å². The van der Waals surface area contributed by atoms with Crippen molar-refractivity contribution >= 4 is 17.4 Å². The van der Waals surface area contributed by atoms with Crippen molar-refractivity contribution in [2.45, 2.75) is 32.9 Å². The number of hydrogen-bond acceptors (Lipinski definition) is 4. The van der Waals surface area contributed by atoms with Crippen molar-refractivity contribution in [1.29, 1.82) is 0 Å². The van der Waals surface area contributed by atoms with Crippen molar-refractivity contribution in [3.05, 3.63) is 65.6 Å². The molecule has 1 fully saturated rings. The fourth-order valence-corrected chi connectivity index (χ4v) is 3.98. The van der Waals surface area contributed by atoms with Gasteiger partial charge >= 0.3 is 6.18 Å². The molecule has 1 aromatic carbocycles. The van der Waals surface area contributed by atoms with Crippen LogP contribution in [0.1, 0.15) is 29.8 Å². The zero-order valence-corrected chi connectivity index (χ0v) is 17.9. The van der Waals surface area contributed by atoms with E-state index in [-0.39, 0.29) is 11.8 Å². The largest absolute Gasteiger partial charge is 0.417 e. The summed E-state index contributed by atoms with van der Waals surface area (Å²) in [6, 6.07) is 12.1. The summed E-state index contributed by atoms with van der Waals surface area (Å²) >= 11 is 0. The van der Waals surface area contributed by atoms with E-state index in [1.165, 1.54) is 6.07 Å². The molecule has 9 heteroatoms. The highest BCUT2D eigenvalue weighted by Gasteiger charge is 2.31. The number of nitrogens with zero attached hydrogens (tertiary/aromatic N) is 4. The van der Waals surface area contributed by atoms with Crippen molar-refractivity contribution in [1.82, 2.24) is 14.8 Å². The maximum atomic E-state index is 12.9. The van der Waals surface area contributed by atoms with E-state index >= 15 is 0 Å². The summed E-state index contributed by atoms with van der Waals surface area (Å²) in [4.78, 5) is 18.8. The minimum absolute atomic E-state index is 0.0659. The predicted octanol–water partition coefficient (Wildman–Crippen LogP) is 4.76. The van der Waals surface area contributed by atoms with E-state index in [0.717, 1.165) is 29.3 Å². The maximum absolute atomic E-state index is 12.9. The topological polar surface area (TPSA) is 63.1 Å². The summed E-state index contributed by atoms with van der Waals surface area (Å²) in [5.74, 6) is 0.246. The van der Waals surface area contributed by atoms with Crippen molar-refractivity contribution in [3.63, 3.8) is 0 Å².